The summed E-state index contributed by atoms with van der Waals surface area (Å²) in [5.74, 6) is 0.682. The number of ether oxygens (including phenoxy) is 1. The van der Waals surface area contributed by atoms with Crippen LogP contribution in [0.2, 0.25) is 0 Å². The van der Waals surface area contributed by atoms with Crippen molar-refractivity contribution in [1.29, 1.82) is 0 Å². The molecule has 0 radical (unpaired) electrons. The van der Waals surface area contributed by atoms with Crippen molar-refractivity contribution in [2.75, 3.05) is 6.61 Å². The van der Waals surface area contributed by atoms with Crippen molar-refractivity contribution >= 4 is 0 Å². The predicted molar refractivity (Wildman–Crippen MR) is 59.9 cm³/mol. The molecule has 0 aliphatic heterocycles. The van der Waals surface area contributed by atoms with Crippen LogP contribution < -0.4 is 4.74 Å². The molecule has 3 nitrogen and oxygen atoms in total. The van der Waals surface area contributed by atoms with E-state index in [2.05, 4.69) is 22.3 Å². The zero-order valence-corrected chi connectivity index (χ0v) is 8.95. The van der Waals surface area contributed by atoms with Crippen LogP contribution in [0.3, 0.4) is 0 Å². The fraction of sp³-hybridized carbons (Fsp3) is 0.250. The molecule has 1 N–H and O–H groups in total. The number of nitrogens with one attached hydrogen (secondary N) is 1. The van der Waals surface area contributed by atoms with Crippen LogP contribution in [0.1, 0.15) is 12.6 Å². The van der Waals surface area contributed by atoms with Gasteiger partial charge in [0.05, 0.1) is 12.2 Å². The number of rotatable bonds is 3. The monoisotopic (exact) mass is 202 g/mol. The first kappa shape index (κ1) is 9.77. The number of hydrogen-bond acceptors (Lipinski definition) is 2. The number of aromatic nitrogens is 2. The van der Waals surface area contributed by atoms with Crippen molar-refractivity contribution in [3.63, 3.8) is 0 Å². The number of aryl methyl sites for hydroxylation is 1. The highest BCUT2D eigenvalue weighted by Gasteiger charge is 2.12. The second-order valence-electron chi connectivity index (χ2n) is 3.33. The largest absolute Gasteiger partial charge is 0.476 e. The number of nitrogens with zero attached hydrogens (tertiary/aromatic N) is 1. The van der Waals surface area contributed by atoms with Crippen molar-refractivity contribution in [3.05, 3.63) is 36.0 Å². The van der Waals surface area contributed by atoms with E-state index in [9.17, 15) is 0 Å². The Morgan fingerprint density at radius 1 is 1.27 bits per heavy atom. The number of H-pyrrole nitrogens is 1. The molecule has 0 fully saturated rings. The Kier molecular flexibility index (Phi) is 2.72. The average Bonchev–Trinajstić information content (AvgIpc) is 2.62. The maximum Gasteiger partial charge on any atom is 0.240 e. The smallest absolute Gasteiger partial charge is 0.240 e. The van der Waals surface area contributed by atoms with Crippen LogP contribution in [0.25, 0.3) is 11.1 Å². The molecule has 0 saturated heterocycles. The average molecular weight is 202 g/mol. The molecule has 2 rings (SSSR count). The Balaban J connectivity index is 2.47. The molecule has 3 heteroatoms. The van der Waals surface area contributed by atoms with E-state index < -0.39 is 0 Å². The standard InChI is InChI=1S/C12H14N2O/c1-3-15-12-11(9(2)13-14-12)10-7-5-4-6-8-10/h4-8H,3H2,1-2H3,(H,13,14). The highest BCUT2D eigenvalue weighted by molar-refractivity contribution is 5.70. The van der Waals surface area contributed by atoms with Gasteiger partial charge in [-0.15, -0.1) is 5.10 Å². The minimum atomic E-state index is 0.629. The van der Waals surface area contributed by atoms with Crippen LogP contribution in [0, 0.1) is 6.92 Å². The first-order valence-electron chi connectivity index (χ1n) is 5.06. The van der Waals surface area contributed by atoms with Crippen molar-refractivity contribution in [3.8, 4) is 17.0 Å². The number of aromatic amines is 1. The Bertz CT molecular complexity index is 434. The molecule has 0 aliphatic rings. The second kappa shape index (κ2) is 4.17. The van der Waals surface area contributed by atoms with Crippen LogP contribution in [0.5, 0.6) is 5.88 Å². The van der Waals surface area contributed by atoms with Gasteiger partial charge in [-0.3, -0.25) is 5.10 Å². The SMILES string of the molecule is CCOc1n[nH]c(C)c1-c1ccccc1. The van der Waals surface area contributed by atoms with Crippen molar-refractivity contribution < 1.29 is 4.74 Å². The molecule has 1 heterocycles. The molecule has 15 heavy (non-hydrogen) atoms. The summed E-state index contributed by atoms with van der Waals surface area (Å²) < 4.78 is 5.47. The van der Waals surface area contributed by atoms with Crippen molar-refractivity contribution in [2.45, 2.75) is 13.8 Å². The summed E-state index contributed by atoms with van der Waals surface area (Å²) in [5.41, 5.74) is 3.22. The van der Waals surface area contributed by atoms with Gasteiger partial charge in [0, 0.05) is 5.69 Å². The molecule has 1 aromatic carbocycles. The molecule has 78 valence electrons. The zero-order chi connectivity index (χ0) is 10.7. The molecule has 0 unspecified atom stereocenters. The van der Waals surface area contributed by atoms with Gasteiger partial charge in [0.15, 0.2) is 0 Å². The van der Waals surface area contributed by atoms with Gasteiger partial charge in [-0.05, 0) is 19.4 Å². The summed E-state index contributed by atoms with van der Waals surface area (Å²) in [7, 11) is 0. The second-order valence-corrected chi connectivity index (χ2v) is 3.33. The van der Waals surface area contributed by atoms with E-state index in [1.807, 2.05) is 32.0 Å². The highest BCUT2D eigenvalue weighted by Crippen LogP contribution is 2.30. The summed E-state index contributed by atoms with van der Waals surface area (Å²) in [6.45, 7) is 4.58. The van der Waals surface area contributed by atoms with Crippen LogP contribution in [0.15, 0.2) is 30.3 Å². The highest BCUT2D eigenvalue weighted by atomic mass is 16.5. The Hall–Kier alpha value is -1.77. The van der Waals surface area contributed by atoms with E-state index in [1.165, 1.54) is 0 Å². The molecule has 0 spiro atoms. The molecule has 0 amide bonds. The third kappa shape index (κ3) is 1.86. The minimum absolute atomic E-state index is 0.629. The summed E-state index contributed by atoms with van der Waals surface area (Å²) in [5, 5.41) is 7.08. The fourth-order valence-electron chi connectivity index (χ4n) is 1.59. The normalized spacial score (nSPS) is 10.3. The lowest BCUT2D eigenvalue weighted by molar-refractivity contribution is 0.327. The summed E-state index contributed by atoms with van der Waals surface area (Å²) in [6.07, 6.45) is 0. The number of benzene rings is 1. The van der Waals surface area contributed by atoms with Crippen LogP contribution >= 0.6 is 0 Å². The Morgan fingerprint density at radius 3 is 2.67 bits per heavy atom. The van der Waals surface area contributed by atoms with Gasteiger partial charge in [0.2, 0.25) is 5.88 Å². The molecular formula is C12H14N2O. The van der Waals surface area contributed by atoms with Gasteiger partial charge >= 0.3 is 0 Å². The van der Waals surface area contributed by atoms with E-state index in [1.54, 1.807) is 0 Å². The number of hydrogen-bond donors (Lipinski definition) is 1. The van der Waals surface area contributed by atoms with E-state index in [0.29, 0.717) is 12.5 Å². The van der Waals surface area contributed by atoms with E-state index >= 15 is 0 Å². The molecule has 0 aliphatic carbocycles. The lowest BCUT2D eigenvalue weighted by Crippen LogP contribution is -1.93. The molecule has 1 aromatic heterocycles. The van der Waals surface area contributed by atoms with Crippen molar-refractivity contribution in [2.24, 2.45) is 0 Å². The predicted octanol–water partition coefficient (Wildman–Crippen LogP) is 2.78. The fourth-order valence-corrected chi connectivity index (χ4v) is 1.59. The first-order valence-corrected chi connectivity index (χ1v) is 5.06. The van der Waals surface area contributed by atoms with E-state index in [4.69, 9.17) is 4.74 Å². The lowest BCUT2D eigenvalue weighted by atomic mass is 10.1. The van der Waals surface area contributed by atoms with E-state index in [-0.39, 0.29) is 0 Å². The van der Waals surface area contributed by atoms with Gasteiger partial charge in [-0.1, -0.05) is 30.3 Å². The maximum atomic E-state index is 5.47. The first-order chi connectivity index (χ1) is 7.33. The van der Waals surface area contributed by atoms with Gasteiger partial charge in [0.1, 0.15) is 0 Å². The minimum Gasteiger partial charge on any atom is -0.476 e. The third-order valence-corrected chi connectivity index (χ3v) is 2.26. The summed E-state index contributed by atoms with van der Waals surface area (Å²) in [6, 6.07) is 10.1. The summed E-state index contributed by atoms with van der Waals surface area (Å²) >= 11 is 0. The van der Waals surface area contributed by atoms with E-state index in [0.717, 1.165) is 16.8 Å². The van der Waals surface area contributed by atoms with Crippen LogP contribution in [0.4, 0.5) is 0 Å². The maximum absolute atomic E-state index is 5.47. The lowest BCUT2D eigenvalue weighted by Gasteiger charge is -2.03. The van der Waals surface area contributed by atoms with Crippen molar-refractivity contribution in [1.82, 2.24) is 10.2 Å². The Morgan fingerprint density at radius 2 is 2.00 bits per heavy atom. The molecule has 0 bridgehead atoms. The zero-order valence-electron chi connectivity index (χ0n) is 8.95. The molecule has 0 saturated carbocycles. The molecule has 2 aromatic rings. The van der Waals surface area contributed by atoms with Gasteiger partial charge in [0.25, 0.3) is 0 Å². The van der Waals surface area contributed by atoms with Gasteiger partial charge in [-0.2, -0.15) is 0 Å². The topological polar surface area (TPSA) is 37.9 Å². The quantitative estimate of drug-likeness (QED) is 0.831. The third-order valence-electron chi connectivity index (χ3n) is 2.26. The summed E-state index contributed by atoms with van der Waals surface area (Å²) in [4.78, 5) is 0. The molecule has 0 atom stereocenters. The molecular weight excluding hydrogens is 188 g/mol. The Labute approximate surface area is 89.1 Å². The van der Waals surface area contributed by atoms with Gasteiger partial charge in [-0.25, -0.2) is 0 Å². The van der Waals surface area contributed by atoms with Gasteiger partial charge < -0.3 is 4.74 Å². The van der Waals surface area contributed by atoms with Crippen LogP contribution in [-0.4, -0.2) is 16.8 Å². The van der Waals surface area contributed by atoms with Crippen LogP contribution in [-0.2, 0) is 0 Å².